The molecule has 5 nitrogen and oxygen atoms in total. The van der Waals surface area contributed by atoms with Crippen molar-refractivity contribution in [2.75, 3.05) is 45.9 Å². The molecular formula is C9H24N4O. The smallest absolute Gasteiger partial charge is 0.0509 e. The predicted octanol–water partition coefficient (Wildman–Crippen LogP) is -1.92. The molecule has 0 bridgehead atoms. The van der Waals surface area contributed by atoms with Gasteiger partial charge in [0.1, 0.15) is 0 Å². The van der Waals surface area contributed by atoms with Gasteiger partial charge >= 0.3 is 0 Å². The van der Waals surface area contributed by atoms with E-state index in [-0.39, 0.29) is 12.0 Å². The van der Waals surface area contributed by atoms with Gasteiger partial charge in [0.2, 0.25) is 0 Å². The van der Waals surface area contributed by atoms with Crippen LogP contribution >= 0.6 is 0 Å². The monoisotopic (exact) mass is 204 g/mol. The Bertz CT molecular complexity index is 122. The number of hydrogen-bond acceptors (Lipinski definition) is 5. The molecule has 5 heteroatoms. The Labute approximate surface area is 86.2 Å². The molecule has 0 heterocycles. The molecule has 14 heavy (non-hydrogen) atoms. The third-order valence-electron chi connectivity index (χ3n) is 2.13. The maximum Gasteiger partial charge on any atom is 0.0509 e. The topological polar surface area (TPSA) is 96.3 Å². The molecule has 0 aliphatic carbocycles. The zero-order valence-corrected chi connectivity index (χ0v) is 9.05. The van der Waals surface area contributed by atoms with Gasteiger partial charge in [0.25, 0.3) is 0 Å². The lowest BCUT2D eigenvalue weighted by Crippen LogP contribution is -2.44. The molecule has 0 spiro atoms. The quantitative estimate of drug-likeness (QED) is 0.282. The molecule has 0 aromatic rings. The molecule has 0 aromatic heterocycles. The molecule has 0 saturated carbocycles. The molecule has 7 N–H and O–H groups in total. The maximum atomic E-state index is 9.24. The van der Waals surface area contributed by atoms with Crippen molar-refractivity contribution in [3.05, 3.63) is 0 Å². The number of aliphatic hydroxyl groups excluding tert-OH is 1. The summed E-state index contributed by atoms with van der Waals surface area (Å²) in [6, 6.07) is 0. The fourth-order valence-corrected chi connectivity index (χ4v) is 1.16. The molecule has 0 fully saturated rings. The second kappa shape index (κ2) is 8.14. The number of hydrogen-bond donors (Lipinski definition) is 5. The highest BCUT2D eigenvalue weighted by Gasteiger charge is 2.21. The van der Waals surface area contributed by atoms with Crippen LogP contribution in [0.2, 0.25) is 0 Å². The second-order valence-electron chi connectivity index (χ2n) is 3.90. The van der Waals surface area contributed by atoms with Gasteiger partial charge in [-0.05, 0) is 0 Å². The molecule has 0 aliphatic heterocycles. The van der Waals surface area contributed by atoms with E-state index >= 15 is 0 Å². The minimum absolute atomic E-state index is 0.135. The Kier molecular flexibility index (Phi) is 8.02. The number of nitrogens with two attached hydrogens (primary N) is 2. The highest BCUT2D eigenvalue weighted by atomic mass is 16.3. The Balaban J connectivity index is 3.67. The molecule has 0 radical (unpaired) electrons. The first kappa shape index (κ1) is 13.8. The normalized spacial score (nSPS) is 12.0. The summed E-state index contributed by atoms with van der Waals surface area (Å²) >= 11 is 0. The lowest BCUT2D eigenvalue weighted by Gasteiger charge is -2.28. The minimum Gasteiger partial charge on any atom is -0.396 e. The van der Waals surface area contributed by atoms with Crippen LogP contribution in [0, 0.1) is 5.41 Å². The molecular weight excluding hydrogens is 180 g/mol. The zero-order chi connectivity index (χ0) is 10.9. The summed E-state index contributed by atoms with van der Waals surface area (Å²) in [5.41, 5.74) is 10.6. The van der Waals surface area contributed by atoms with E-state index in [2.05, 4.69) is 10.6 Å². The van der Waals surface area contributed by atoms with Gasteiger partial charge in [-0.15, -0.1) is 0 Å². The van der Waals surface area contributed by atoms with Crippen molar-refractivity contribution in [2.24, 2.45) is 16.9 Å². The summed E-state index contributed by atoms with van der Waals surface area (Å²) < 4.78 is 0. The van der Waals surface area contributed by atoms with E-state index in [1.165, 1.54) is 0 Å². The van der Waals surface area contributed by atoms with Crippen molar-refractivity contribution in [3.63, 3.8) is 0 Å². The third-order valence-corrected chi connectivity index (χ3v) is 2.13. The molecule has 0 atom stereocenters. The summed E-state index contributed by atoms with van der Waals surface area (Å²) in [4.78, 5) is 0. The standard InChI is InChI=1S/C9H24N4O/c1-9(8-14,6-12-4-2-10)7-13-5-3-11/h12-14H,2-8,10-11H2,1H3. The SMILES string of the molecule is CC(CO)(CNCCN)CNCCN. The van der Waals surface area contributed by atoms with Gasteiger partial charge in [-0.2, -0.15) is 0 Å². The fourth-order valence-electron chi connectivity index (χ4n) is 1.16. The molecule has 0 rings (SSSR count). The van der Waals surface area contributed by atoms with Crippen LogP contribution < -0.4 is 22.1 Å². The van der Waals surface area contributed by atoms with E-state index in [0.29, 0.717) is 13.1 Å². The summed E-state index contributed by atoms with van der Waals surface area (Å²) in [6.45, 7) is 6.52. The molecule has 86 valence electrons. The molecule has 0 saturated heterocycles. The largest absolute Gasteiger partial charge is 0.396 e. The van der Waals surface area contributed by atoms with E-state index in [1.807, 2.05) is 6.92 Å². The first-order valence-corrected chi connectivity index (χ1v) is 5.11. The van der Waals surface area contributed by atoms with E-state index < -0.39 is 0 Å². The highest BCUT2D eigenvalue weighted by Crippen LogP contribution is 2.11. The minimum atomic E-state index is -0.135. The number of rotatable bonds is 9. The Morgan fingerprint density at radius 1 is 1.07 bits per heavy atom. The van der Waals surface area contributed by atoms with Crippen LogP contribution in [0.15, 0.2) is 0 Å². The Hall–Kier alpha value is -0.200. The average Bonchev–Trinajstić information content (AvgIpc) is 2.19. The van der Waals surface area contributed by atoms with Crippen LogP contribution in [0.4, 0.5) is 0 Å². The van der Waals surface area contributed by atoms with Crippen molar-refractivity contribution in [1.29, 1.82) is 0 Å². The second-order valence-corrected chi connectivity index (χ2v) is 3.90. The molecule has 0 unspecified atom stereocenters. The Morgan fingerprint density at radius 3 is 1.79 bits per heavy atom. The van der Waals surface area contributed by atoms with Gasteiger partial charge in [-0.25, -0.2) is 0 Å². The lowest BCUT2D eigenvalue weighted by atomic mass is 9.91. The van der Waals surface area contributed by atoms with Crippen LogP contribution in [0.25, 0.3) is 0 Å². The van der Waals surface area contributed by atoms with Crippen LogP contribution in [-0.4, -0.2) is 51.0 Å². The van der Waals surface area contributed by atoms with Crippen LogP contribution in [0.5, 0.6) is 0 Å². The van der Waals surface area contributed by atoms with E-state index in [9.17, 15) is 5.11 Å². The predicted molar refractivity (Wildman–Crippen MR) is 59.0 cm³/mol. The van der Waals surface area contributed by atoms with Gasteiger partial charge in [0.05, 0.1) is 6.61 Å². The zero-order valence-electron chi connectivity index (χ0n) is 9.05. The van der Waals surface area contributed by atoms with Gasteiger partial charge in [0.15, 0.2) is 0 Å². The summed E-state index contributed by atoms with van der Waals surface area (Å²) in [5.74, 6) is 0. The van der Waals surface area contributed by atoms with E-state index in [0.717, 1.165) is 26.2 Å². The third kappa shape index (κ3) is 6.28. The van der Waals surface area contributed by atoms with Gasteiger partial charge < -0.3 is 27.2 Å². The average molecular weight is 204 g/mol. The summed E-state index contributed by atoms with van der Waals surface area (Å²) in [5, 5.41) is 15.6. The van der Waals surface area contributed by atoms with Crippen molar-refractivity contribution in [1.82, 2.24) is 10.6 Å². The fraction of sp³-hybridized carbons (Fsp3) is 1.00. The van der Waals surface area contributed by atoms with Crippen LogP contribution in [0.3, 0.4) is 0 Å². The maximum absolute atomic E-state index is 9.24. The summed E-state index contributed by atoms with van der Waals surface area (Å²) in [7, 11) is 0. The lowest BCUT2D eigenvalue weighted by molar-refractivity contribution is 0.138. The van der Waals surface area contributed by atoms with Crippen molar-refractivity contribution in [3.8, 4) is 0 Å². The van der Waals surface area contributed by atoms with Crippen molar-refractivity contribution < 1.29 is 5.11 Å². The Morgan fingerprint density at radius 2 is 1.50 bits per heavy atom. The first-order valence-electron chi connectivity index (χ1n) is 5.11. The molecule has 0 aromatic carbocycles. The van der Waals surface area contributed by atoms with Crippen LogP contribution in [0.1, 0.15) is 6.92 Å². The highest BCUT2D eigenvalue weighted by molar-refractivity contribution is 4.78. The number of nitrogens with one attached hydrogen (secondary N) is 2. The molecule has 0 aliphatic rings. The number of aliphatic hydroxyl groups is 1. The van der Waals surface area contributed by atoms with Crippen LogP contribution in [-0.2, 0) is 0 Å². The van der Waals surface area contributed by atoms with Crippen molar-refractivity contribution >= 4 is 0 Å². The van der Waals surface area contributed by atoms with E-state index in [1.54, 1.807) is 0 Å². The van der Waals surface area contributed by atoms with Crippen molar-refractivity contribution in [2.45, 2.75) is 6.92 Å². The van der Waals surface area contributed by atoms with Gasteiger partial charge in [-0.3, -0.25) is 0 Å². The van der Waals surface area contributed by atoms with E-state index in [4.69, 9.17) is 11.5 Å². The van der Waals surface area contributed by atoms with Gasteiger partial charge in [-0.1, -0.05) is 6.92 Å². The summed E-state index contributed by atoms with van der Waals surface area (Å²) in [6.07, 6.45) is 0. The molecule has 0 amide bonds. The van der Waals surface area contributed by atoms with Gasteiger partial charge in [0, 0.05) is 44.7 Å². The first-order chi connectivity index (χ1) is 6.68.